The standard InChI is InChI=1S/C22H30FN3O2/c23-19-7-5-17(6-8-19)21(27)25-14-9-20(10-15-25)26-13-3-4-18(16-26)22(28)24-11-1-2-12-24/h5-8,18,20H,1-4,9-16H2/t18-/m0/s1. The van der Waals surface area contributed by atoms with Crippen LogP contribution in [0.15, 0.2) is 24.3 Å². The number of halogens is 1. The highest BCUT2D eigenvalue weighted by Gasteiger charge is 2.34. The summed E-state index contributed by atoms with van der Waals surface area (Å²) in [7, 11) is 0. The maximum Gasteiger partial charge on any atom is 0.253 e. The molecule has 0 aliphatic carbocycles. The summed E-state index contributed by atoms with van der Waals surface area (Å²) in [6, 6.07) is 6.24. The first-order chi connectivity index (χ1) is 13.6. The lowest BCUT2D eigenvalue weighted by Gasteiger charge is -2.42. The normalized spacial score (nSPS) is 24.5. The third kappa shape index (κ3) is 4.22. The van der Waals surface area contributed by atoms with E-state index in [0.29, 0.717) is 17.5 Å². The van der Waals surface area contributed by atoms with E-state index < -0.39 is 0 Å². The molecule has 0 spiro atoms. The fraction of sp³-hybridized carbons (Fsp3) is 0.636. The van der Waals surface area contributed by atoms with Crippen molar-refractivity contribution in [2.75, 3.05) is 39.3 Å². The summed E-state index contributed by atoms with van der Waals surface area (Å²) in [5.74, 6) is 0.162. The van der Waals surface area contributed by atoms with Crippen LogP contribution in [0.3, 0.4) is 0 Å². The fourth-order valence-electron chi connectivity index (χ4n) is 4.94. The van der Waals surface area contributed by atoms with Crippen LogP contribution < -0.4 is 0 Å². The molecule has 1 atom stereocenters. The van der Waals surface area contributed by atoms with E-state index in [2.05, 4.69) is 9.80 Å². The quantitative estimate of drug-likeness (QED) is 0.801. The van der Waals surface area contributed by atoms with Crippen LogP contribution in [-0.4, -0.2) is 71.8 Å². The maximum atomic E-state index is 13.1. The highest BCUT2D eigenvalue weighted by Crippen LogP contribution is 2.26. The Hall–Kier alpha value is -1.95. The van der Waals surface area contributed by atoms with Crippen molar-refractivity contribution in [2.45, 2.75) is 44.6 Å². The Morgan fingerprint density at radius 1 is 0.821 bits per heavy atom. The molecule has 0 saturated carbocycles. The number of nitrogens with zero attached hydrogens (tertiary/aromatic N) is 3. The molecule has 1 aromatic rings. The van der Waals surface area contributed by atoms with Crippen molar-refractivity contribution in [2.24, 2.45) is 5.92 Å². The van der Waals surface area contributed by atoms with Crippen molar-refractivity contribution in [3.8, 4) is 0 Å². The van der Waals surface area contributed by atoms with Gasteiger partial charge in [-0.3, -0.25) is 14.5 Å². The molecule has 0 bridgehead atoms. The Bertz CT molecular complexity index is 694. The number of hydrogen-bond donors (Lipinski definition) is 0. The Labute approximate surface area is 166 Å². The Kier molecular flexibility index (Phi) is 5.95. The number of carbonyl (C=O) groups excluding carboxylic acids is 2. The monoisotopic (exact) mass is 387 g/mol. The van der Waals surface area contributed by atoms with Gasteiger partial charge in [-0.1, -0.05) is 0 Å². The van der Waals surface area contributed by atoms with Gasteiger partial charge in [0.05, 0.1) is 5.92 Å². The highest BCUT2D eigenvalue weighted by molar-refractivity contribution is 5.94. The number of hydrogen-bond acceptors (Lipinski definition) is 3. The molecule has 28 heavy (non-hydrogen) atoms. The third-order valence-electron chi connectivity index (χ3n) is 6.58. The minimum absolute atomic E-state index is 0.0146. The number of amides is 2. The van der Waals surface area contributed by atoms with Gasteiger partial charge in [-0.2, -0.15) is 0 Å². The lowest BCUT2D eigenvalue weighted by molar-refractivity contribution is -0.136. The molecule has 2 amide bonds. The largest absolute Gasteiger partial charge is 0.342 e. The molecule has 3 saturated heterocycles. The zero-order valence-electron chi connectivity index (χ0n) is 16.5. The average molecular weight is 387 g/mol. The molecule has 4 rings (SSSR count). The average Bonchev–Trinajstić information content (AvgIpc) is 3.28. The second-order valence-corrected chi connectivity index (χ2v) is 8.40. The van der Waals surface area contributed by atoms with Gasteiger partial charge in [0.2, 0.25) is 5.91 Å². The van der Waals surface area contributed by atoms with E-state index in [1.165, 1.54) is 12.1 Å². The zero-order chi connectivity index (χ0) is 19.5. The molecule has 0 aromatic heterocycles. The van der Waals surface area contributed by atoms with Gasteiger partial charge >= 0.3 is 0 Å². The summed E-state index contributed by atoms with van der Waals surface area (Å²) in [4.78, 5) is 31.8. The highest BCUT2D eigenvalue weighted by atomic mass is 19.1. The number of rotatable bonds is 3. The van der Waals surface area contributed by atoms with Crippen LogP contribution in [0.25, 0.3) is 0 Å². The van der Waals surface area contributed by atoms with Crippen molar-refractivity contribution in [3.05, 3.63) is 35.6 Å². The van der Waals surface area contributed by atoms with E-state index >= 15 is 0 Å². The molecule has 1 aromatic carbocycles. The molecule has 3 heterocycles. The van der Waals surface area contributed by atoms with Gasteiger partial charge in [-0.25, -0.2) is 4.39 Å². The van der Waals surface area contributed by atoms with Crippen LogP contribution in [0.1, 0.15) is 48.9 Å². The fourth-order valence-corrected chi connectivity index (χ4v) is 4.94. The van der Waals surface area contributed by atoms with Gasteiger partial charge in [0, 0.05) is 44.3 Å². The van der Waals surface area contributed by atoms with E-state index in [0.717, 1.165) is 77.8 Å². The molecule has 0 N–H and O–H groups in total. The lowest BCUT2D eigenvalue weighted by atomic mass is 9.92. The summed E-state index contributed by atoms with van der Waals surface area (Å²) >= 11 is 0. The van der Waals surface area contributed by atoms with Crippen LogP contribution in [0.4, 0.5) is 4.39 Å². The van der Waals surface area contributed by atoms with E-state index in [4.69, 9.17) is 0 Å². The van der Waals surface area contributed by atoms with Crippen LogP contribution in [-0.2, 0) is 4.79 Å². The Morgan fingerprint density at radius 2 is 1.50 bits per heavy atom. The summed E-state index contributed by atoms with van der Waals surface area (Å²) < 4.78 is 13.1. The summed E-state index contributed by atoms with van der Waals surface area (Å²) in [6.45, 7) is 5.23. The van der Waals surface area contributed by atoms with Crippen molar-refractivity contribution >= 4 is 11.8 Å². The van der Waals surface area contributed by atoms with E-state index in [-0.39, 0.29) is 17.6 Å². The number of benzene rings is 1. The molecule has 6 heteroatoms. The first-order valence-electron chi connectivity index (χ1n) is 10.7. The van der Waals surface area contributed by atoms with Crippen molar-refractivity contribution in [1.29, 1.82) is 0 Å². The third-order valence-corrected chi connectivity index (χ3v) is 6.58. The van der Waals surface area contributed by atoms with Crippen LogP contribution in [0.2, 0.25) is 0 Å². The SMILES string of the molecule is O=C(c1ccc(F)cc1)N1CCC(N2CCC[C@H](C(=O)N3CCCC3)C2)CC1. The Morgan fingerprint density at radius 3 is 2.18 bits per heavy atom. The zero-order valence-corrected chi connectivity index (χ0v) is 16.5. The first kappa shape index (κ1) is 19.4. The van der Waals surface area contributed by atoms with Crippen LogP contribution >= 0.6 is 0 Å². The second kappa shape index (κ2) is 8.60. The molecule has 0 radical (unpaired) electrons. The molecular formula is C22H30FN3O2. The van der Waals surface area contributed by atoms with Gasteiger partial charge in [0.15, 0.2) is 0 Å². The minimum Gasteiger partial charge on any atom is -0.342 e. The first-order valence-corrected chi connectivity index (χ1v) is 10.7. The van der Waals surface area contributed by atoms with Gasteiger partial charge < -0.3 is 9.80 Å². The van der Waals surface area contributed by atoms with Crippen molar-refractivity contribution in [1.82, 2.24) is 14.7 Å². The molecular weight excluding hydrogens is 357 g/mol. The van der Waals surface area contributed by atoms with Crippen molar-refractivity contribution < 1.29 is 14.0 Å². The summed E-state index contributed by atoms with van der Waals surface area (Å²) in [5, 5.41) is 0. The molecule has 0 unspecified atom stereocenters. The molecule has 3 aliphatic heterocycles. The summed E-state index contributed by atoms with van der Waals surface area (Å²) in [6.07, 6.45) is 6.26. The molecule has 152 valence electrons. The topological polar surface area (TPSA) is 43.9 Å². The minimum atomic E-state index is -0.321. The van der Waals surface area contributed by atoms with E-state index in [1.807, 2.05) is 4.90 Å². The predicted molar refractivity (Wildman–Crippen MR) is 105 cm³/mol. The summed E-state index contributed by atoms with van der Waals surface area (Å²) in [5.41, 5.74) is 0.550. The number of likely N-dealkylation sites (tertiary alicyclic amines) is 3. The Balaban J connectivity index is 1.30. The van der Waals surface area contributed by atoms with Crippen molar-refractivity contribution in [3.63, 3.8) is 0 Å². The second-order valence-electron chi connectivity index (χ2n) is 8.40. The maximum absolute atomic E-state index is 13.1. The smallest absolute Gasteiger partial charge is 0.253 e. The van der Waals surface area contributed by atoms with Crippen LogP contribution in [0.5, 0.6) is 0 Å². The molecule has 3 fully saturated rings. The van der Waals surface area contributed by atoms with Gasteiger partial charge in [0.1, 0.15) is 5.82 Å². The number of carbonyl (C=O) groups is 2. The van der Waals surface area contributed by atoms with E-state index in [1.54, 1.807) is 12.1 Å². The molecule has 3 aliphatic rings. The van der Waals surface area contributed by atoms with Gasteiger partial charge in [-0.15, -0.1) is 0 Å². The molecule has 5 nitrogen and oxygen atoms in total. The predicted octanol–water partition coefficient (Wildman–Crippen LogP) is 2.76. The van der Waals surface area contributed by atoms with Gasteiger partial charge in [-0.05, 0) is 69.3 Å². The lowest BCUT2D eigenvalue weighted by Crippen LogP contribution is -2.51. The van der Waals surface area contributed by atoms with Gasteiger partial charge in [0.25, 0.3) is 5.91 Å². The van der Waals surface area contributed by atoms with E-state index in [9.17, 15) is 14.0 Å². The number of piperidine rings is 2. The van der Waals surface area contributed by atoms with Crippen LogP contribution in [0, 0.1) is 11.7 Å².